The Morgan fingerprint density at radius 1 is 1.27 bits per heavy atom. The third-order valence-corrected chi connectivity index (χ3v) is 4.23. The number of carbonyl (C=O) groups is 1. The van der Waals surface area contributed by atoms with Gasteiger partial charge in [0.1, 0.15) is 0 Å². The summed E-state index contributed by atoms with van der Waals surface area (Å²) in [4.78, 5) is 14.0. The summed E-state index contributed by atoms with van der Waals surface area (Å²) in [6, 6.07) is 0. The Hall–Kier alpha value is -0.220. The zero-order valence-corrected chi connectivity index (χ0v) is 10.0. The second-order valence-corrected chi connectivity index (χ2v) is 5.62. The first-order valence-corrected chi connectivity index (χ1v) is 7.08. The molecule has 0 aromatic carbocycles. The number of nitrogens with one attached hydrogen (secondary N) is 1. The summed E-state index contributed by atoms with van der Waals surface area (Å²) in [5.41, 5.74) is 0. The van der Waals surface area contributed by atoms with Crippen molar-refractivity contribution in [3.63, 3.8) is 0 Å². The van der Waals surface area contributed by atoms with Crippen molar-refractivity contribution in [2.75, 3.05) is 37.7 Å². The van der Waals surface area contributed by atoms with E-state index in [0.29, 0.717) is 11.8 Å². The molecule has 0 aromatic heterocycles. The molecule has 86 valence electrons. The van der Waals surface area contributed by atoms with Gasteiger partial charge in [-0.2, -0.15) is 11.8 Å². The van der Waals surface area contributed by atoms with Gasteiger partial charge in [-0.1, -0.05) is 0 Å². The molecule has 15 heavy (non-hydrogen) atoms. The topological polar surface area (TPSA) is 32.3 Å². The maximum absolute atomic E-state index is 12.0. The van der Waals surface area contributed by atoms with Crippen molar-refractivity contribution >= 4 is 17.7 Å². The van der Waals surface area contributed by atoms with Crippen LogP contribution < -0.4 is 5.32 Å². The van der Waals surface area contributed by atoms with E-state index in [1.807, 2.05) is 11.8 Å². The van der Waals surface area contributed by atoms with Gasteiger partial charge in [0.05, 0.1) is 0 Å². The lowest BCUT2D eigenvalue weighted by Gasteiger charge is -2.29. The van der Waals surface area contributed by atoms with Crippen molar-refractivity contribution in [3.8, 4) is 0 Å². The van der Waals surface area contributed by atoms with Gasteiger partial charge >= 0.3 is 0 Å². The van der Waals surface area contributed by atoms with E-state index in [4.69, 9.17) is 0 Å². The van der Waals surface area contributed by atoms with Gasteiger partial charge in [0.25, 0.3) is 0 Å². The van der Waals surface area contributed by atoms with Gasteiger partial charge in [-0.05, 0) is 31.8 Å². The van der Waals surface area contributed by atoms with Gasteiger partial charge in [-0.25, -0.2) is 0 Å². The summed E-state index contributed by atoms with van der Waals surface area (Å²) in [5, 5.41) is 3.34. The van der Waals surface area contributed by atoms with E-state index in [2.05, 4.69) is 10.2 Å². The van der Waals surface area contributed by atoms with Crippen LogP contribution in [0.4, 0.5) is 0 Å². The van der Waals surface area contributed by atoms with Crippen LogP contribution in [0.25, 0.3) is 0 Å². The summed E-state index contributed by atoms with van der Waals surface area (Å²) in [7, 11) is 0. The minimum atomic E-state index is 0.391. The average Bonchev–Trinajstić information content (AvgIpc) is 2.31. The molecule has 0 spiro atoms. The maximum Gasteiger partial charge on any atom is 0.222 e. The number of piperidine rings is 1. The number of amides is 1. The molecule has 2 aliphatic rings. The van der Waals surface area contributed by atoms with E-state index in [-0.39, 0.29) is 0 Å². The number of rotatable bonds is 2. The predicted molar refractivity (Wildman–Crippen MR) is 64.1 cm³/mol. The fourth-order valence-corrected chi connectivity index (χ4v) is 3.18. The second kappa shape index (κ2) is 5.75. The normalized spacial score (nSPS) is 24.1. The molecule has 0 bridgehead atoms. The maximum atomic E-state index is 12.0. The SMILES string of the molecule is O=C(CC1CCNCC1)N1CCSCC1. The molecule has 2 aliphatic heterocycles. The van der Waals surface area contributed by atoms with Crippen LogP contribution in [0.3, 0.4) is 0 Å². The minimum Gasteiger partial charge on any atom is -0.341 e. The van der Waals surface area contributed by atoms with Gasteiger partial charge in [0.2, 0.25) is 5.91 Å². The molecule has 1 amide bonds. The molecule has 2 fully saturated rings. The van der Waals surface area contributed by atoms with Crippen LogP contribution in [0.2, 0.25) is 0 Å². The number of carbonyl (C=O) groups excluding carboxylic acids is 1. The van der Waals surface area contributed by atoms with Gasteiger partial charge in [0, 0.05) is 31.0 Å². The number of thioether (sulfide) groups is 1. The summed E-state index contributed by atoms with van der Waals surface area (Å²) in [6.45, 7) is 4.12. The lowest BCUT2D eigenvalue weighted by atomic mass is 9.94. The number of nitrogens with zero attached hydrogens (tertiary/aromatic N) is 1. The fraction of sp³-hybridized carbons (Fsp3) is 0.909. The zero-order chi connectivity index (χ0) is 10.5. The third-order valence-electron chi connectivity index (χ3n) is 3.29. The lowest BCUT2D eigenvalue weighted by Crippen LogP contribution is -2.39. The Bertz CT molecular complexity index is 211. The Morgan fingerprint density at radius 2 is 1.93 bits per heavy atom. The molecule has 2 rings (SSSR count). The van der Waals surface area contributed by atoms with Crippen LogP contribution in [0, 0.1) is 5.92 Å². The van der Waals surface area contributed by atoms with Crippen LogP contribution in [0.5, 0.6) is 0 Å². The summed E-state index contributed by atoms with van der Waals surface area (Å²) >= 11 is 1.96. The van der Waals surface area contributed by atoms with Crippen molar-refractivity contribution in [1.29, 1.82) is 0 Å². The monoisotopic (exact) mass is 228 g/mol. The predicted octanol–water partition coefficient (Wildman–Crippen LogP) is 0.951. The first kappa shape index (κ1) is 11.3. The van der Waals surface area contributed by atoms with Crippen molar-refractivity contribution in [3.05, 3.63) is 0 Å². The standard InChI is InChI=1S/C11H20N2OS/c14-11(13-5-7-15-8-6-13)9-10-1-3-12-4-2-10/h10,12H,1-9H2. The fourth-order valence-electron chi connectivity index (χ4n) is 2.27. The van der Waals surface area contributed by atoms with E-state index < -0.39 is 0 Å². The summed E-state index contributed by atoms with van der Waals surface area (Å²) < 4.78 is 0. The third kappa shape index (κ3) is 3.38. The first-order valence-electron chi connectivity index (χ1n) is 5.92. The summed E-state index contributed by atoms with van der Waals surface area (Å²) in [6.07, 6.45) is 3.13. The molecule has 0 unspecified atom stereocenters. The quantitative estimate of drug-likeness (QED) is 0.764. The Kier molecular flexibility index (Phi) is 4.32. The molecular weight excluding hydrogens is 208 g/mol. The molecule has 4 heteroatoms. The molecule has 0 radical (unpaired) electrons. The van der Waals surface area contributed by atoms with Crippen LogP contribution in [-0.4, -0.2) is 48.5 Å². The summed E-state index contributed by atoms with van der Waals surface area (Å²) in [5.74, 6) is 3.27. The van der Waals surface area contributed by atoms with E-state index in [1.165, 1.54) is 12.8 Å². The van der Waals surface area contributed by atoms with Gasteiger partial charge in [0.15, 0.2) is 0 Å². The molecule has 0 aliphatic carbocycles. The highest BCUT2D eigenvalue weighted by Crippen LogP contribution is 2.18. The second-order valence-electron chi connectivity index (χ2n) is 4.39. The van der Waals surface area contributed by atoms with Crippen molar-refractivity contribution in [2.24, 2.45) is 5.92 Å². The highest BCUT2D eigenvalue weighted by Gasteiger charge is 2.21. The van der Waals surface area contributed by atoms with E-state index in [9.17, 15) is 4.79 Å². The molecule has 0 atom stereocenters. The highest BCUT2D eigenvalue weighted by molar-refractivity contribution is 7.99. The van der Waals surface area contributed by atoms with Crippen LogP contribution in [-0.2, 0) is 4.79 Å². The molecule has 1 N–H and O–H groups in total. The van der Waals surface area contributed by atoms with Crippen LogP contribution in [0.15, 0.2) is 0 Å². The molecular formula is C11H20N2OS. The van der Waals surface area contributed by atoms with E-state index >= 15 is 0 Å². The Labute approximate surface area is 96.0 Å². The largest absolute Gasteiger partial charge is 0.341 e. The van der Waals surface area contributed by atoms with Crippen LogP contribution in [0.1, 0.15) is 19.3 Å². The Morgan fingerprint density at radius 3 is 2.60 bits per heavy atom. The lowest BCUT2D eigenvalue weighted by molar-refractivity contribution is -0.132. The molecule has 3 nitrogen and oxygen atoms in total. The van der Waals surface area contributed by atoms with Crippen molar-refractivity contribution in [2.45, 2.75) is 19.3 Å². The Balaban J connectivity index is 1.74. The van der Waals surface area contributed by atoms with Crippen LogP contribution >= 0.6 is 11.8 Å². The smallest absolute Gasteiger partial charge is 0.222 e. The van der Waals surface area contributed by atoms with Crippen molar-refractivity contribution < 1.29 is 4.79 Å². The van der Waals surface area contributed by atoms with Gasteiger partial charge in [-0.15, -0.1) is 0 Å². The number of hydrogen-bond acceptors (Lipinski definition) is 3. The molecule has 2 heterocycles. The molecule has 0 saturated carbocycles. The van der Waals surface area contributed by atoms with Crippen molar-refractivity contribution in [1.82, 2.24) is 10.2 Å². The molecule has 0 aromatic rings. The van der Waals surface area contributed by atoms with E-state index in [1.54, 1.807) is 0 Å². The van der Waals surface area contributed by atoms with Gasteiger partial charge < -0.3 is 10.2 Å². The minimum absolute atomic E-state index is 0.391. The van der Waals surface area contributed by atoms with Gasteiger partial charge in [-0.3, -0.25) is 4.79 Å². The van der Waals surface area contributed by atoms with E-state index in [0.717, 1.165) is 44.1 Å². The average molecular weight is 228 g/mol. The highest BCUT2D eigenvalue weighted by atomic mass is 32.2. The zero-order valence-electron chi connectivity index (χ0n) is 9.21. The first-order chi connectivity index (χ1) is 7.36. The number of hydrogen-bond donors (Lipinski definition) is 1. The molecule has 2 saturated heterocycles.